The number of nitrogens with two attached hydrogens (primary N) is 1. The zero-order valence-corrected chi connectivity index (χ0v) is 10.6. The van der Waals surface area contributed by atoms with Gasteiger partial charge in [-0.3, -0.25) is 0 Å². The van der Waals surface area contributed by atoms with Gasteiger partial charge < -0.3 is 10.3 Å². The highest BCUT2D eigenvalue weighted by molar-refractivity contribution is 5.73. The fourth-order valence-electron chi connectivity index (χ4n) is 2.03. The maximum absolute atomic E-state index is 13.1. The van der Waals surface area contributed by atoms with Crippen LogP contribution in [0.2, 0.25) is 0 Å². The number of aryl methyl sites for hydroxylation is 2. The first kappa shape index (κ1) is 12.4. The van der Waals surface area contributed by atoms with E-state index in [1.165, 1.54) is 12.1 Å². The highest BCUT2D eigenvalue weighted by Gasteiger charge is 2.14. The molecule has 0 saturated carbocycles. The van der Waals surface area contributed by atoms with Gasteiger partial charge in [-0.05, 0) is 37.6 Å². The van der Waals surface area contributed by atoms with Crippen LogP contribution < -0.4 is 5.73 Å². The molecule has 2 N–H and O–H groups in total. The third-order valence-corrected chi connectivity index (χ3v) is 2.95. The van der Waals surface area contributed by atoms with Crippen LogP contribution >= 0.6 is 0 Å². The quantitative estimate of drug-likeness (QED) is 0.844. The topological polar surface area (TPSA) is 43.8 Å². The van der Waals surface area contributed by atoms with Crippen LogP contribution in [0.4, 0.5) is 10.2 Å². The summed E-state index contributed by atoms with van der Waals surface area (Å²) in [5.74, 6) is 1.16. The Morgan fingerprint density at radius 1 is 1.44 bits per heavy atom. The van der Waals surface area contributed by atoms with Gasteiger partial charge in [0.15, 0.2) is 0 Å². The maximum Gasteiger partial charge on any atom is 0.132 e. The van der Waals surface area contributed by atoms with Crippen LogP contribution in [0, 0.1) is 19.7 Å². The zero-order valence-electron chi connectivity index (χ0n) is 10.6. The Bertz CT molecular complexity index is 599. The summed E-state index contributed by atoms with van der Waals surface area (Å²) in [6.45, 7) is 8.05. The van der Waals surface area contributed by atoms with E-state index in [-0.39, 0.29) is 5.82 Å². The Labute approximate surface area is 106 Å². The van der Waals surface area contributed by atoms with E-state index in [0.29, 0.717) is 18.1 Å². The van der Waals surface area contributed by atoms with Gasteiger partial charge in [0.05, 0.1) is 0 Å². The van der Waals surface area contributed by atoms with Crippen LogP contribution in [0.15, 0.2) is 30.9 Å². The lowest BCUT2D eigenvalue weighted by Crippen LogP contribution is -2.03. The molecular formula is C14H16FN3. The molecule has 94 valence electrons. The van der Waals surface area contributed by atoms with Crippen molar-refractivity contribution >= 4 is 5.82 Å². The molecule has 4 heteroatoms. The molecule has 2 rings (SSSR count). The lowest BCUT2D eigenvalue weighted by atomic mass is 10.1. The molecule has 1 aromatic carbocycles. The highest BCUT2D eigenvalue weighted by atomic mass is 19.1. The lowest BCUT2D eigenvalue weighted by Gasteiger charge is -2.06. The molecule has 0 aliphatic heterocycles. The summed E-state index contributed by atoms with van der Waals surface area (Å²) in [5.41, 5.74) is 8.47. The molecule has 0 aliphatic carbocycles. The SMILES string of the molecule is C=CCn1c(C)nc(-c2ccc(F)cc2C)c1N. The van der Waals surface area contributed by atoms with Crippen molar-refractivity contribution in [1.29, 1.82) is 0 Å². The van der Waals surface area contributed by atoms with E-state index in [1.54, 1.807) is 12.1 Å². The van der Waals surface area contributed by atoms with Crippen molar-refractivity contribution in [3.63, 3.8) is 0 Å². The smallest absolute Gasteiger partial charge is 0.132 e. The van der Waals surface area contributed by atoms with Gasteiger partial charge in [-0.15, -0.1) is 6.58 Å². The Balaban J connectivity index is 2.57. The number of hydrogen-bond acceptors (Lipinski definition) is 2. The highest BCUT2D eigenvalue weighted by Crippen LogP contribution is 2.29. The summed E-state index contributed by atoms with van der Waals surface area (Å²) in [7, 11) is 0. The third kappa shape index (κ3) is 2.01. The predicted octanol–water partition coefficient (Wildman–Crippen LogP) is 3.07. The molecule has 0 radical (unpaired) electrons. The number of nitrogens with zero attached hydrogens (tertiary/aromatic N) is 2. The van der Waals surface area contributed by atoms with E-state index in [2.05, 4.69) is 11.6 Å². The van der Waals surface area contributed by atoms with Crippen molar-refractivity contribution < 1.29 is 4.39 Å². The van der Waals surface area contributed by atoms with Gasteiger partial charge in [0.2, 0.25) is 0 Å². The average molecular weight is 245 g/mol. The molecule has 0 aliphatic rings. The molecule has 0 bridgehead atoms. The summed E-state index contributed by atoms with van der Waals surface area (Å²) < 4.78 is 15.0. The lowest BCUT2D eigenvalue weighted by molar-refractivity contribution is 0.627. The van der Waals surface area contributed by atoms with Crippen molar-refractivity contribution in [2.75, 3.05) is 5.73 Å². The first-order valence-corrected chi connectivity index (χ1v) is 5.74. The molecule has 0 amide bonds. The second-order valence-corrected chi connectivity index (χ2v) is 4.25. The molecule has 0 unspecified atom stereocenters. The van der Waals surface area contributed by atoms with E-state index in [4.69, 9.17) is 5.73 Å². The average Bonchev–Trinajstić information content (AvgIpc) is 2.58. The first-order valence-electron chi connectivity index (χ1n) is 5.74. The van der Waals surface area contributed by atoms with Crippen LogP contribution in [-0.4, -0.2) is 9.55 Å². The van der Waals surface area contributed by atoms with Crippen LogP contribution in [0.1, 0.15) is 11.4 Å². The minimum Gasteiger partial charge on any atom is -0.383 e. The zero-order chi connectivity index (χ0) is 13.3. The van der Waals surface area contributed by atoms with Gasteiger partial charge >= 0.3 is 0 Å². The second-order valence-electron chi connectivity index (χ2n) is 4.25. The van der Waals surface area contributed by atoms with Gasteiger partial charge in [0, 0.05) is 12.1 Å². The largest absolute Gasteiger partial charge is 0.383 e. The molecule has 0 spiro atoms. The molecule has 1 heterocycles. The summed E-state index contributed by atoms with van der Waals surface area (Å²) in [6, 6.07) is 4.61. The number of imidazole rings is 1. The molecule has 3 nitrogen and oxygen atoms in total. The fourth-order valence-corrected chi connectivity index (χ4v) is 2.03. The van der Waals surface area contributed by atoms with Crippen molar-refractivity contribution in [3.05, 3.63) is 48.1 Å². The predicted molar refractivity (Wildman–Crippen MR) is 71.7 cm³/mol. The summed E-state index contributed by atoms with van der Waals surface area (Å²) in [4.78, 5) is 4.46. The number of anilines is 1. The Morgan fingerprint density at radius 3 is 2.78 bits per heavy atom. The summed E-state index contributed by atoms with van der Waals surface area (Å²) in [6.07, 6.45) is 1.77. The fraction of sp³-hybridized carbons (Fsp3) is 0.214. The molecule has 2 aromatic rings. The van der Waals surface area contributed by atoms with Crippen LogP contribution in [0.3, 0.4) is 0 Å². The maximum atomic E-state index is 13.1. The molecule has 18 heavy (non-hydrogen) atoms. The van der Waals surface area contributed by atoms with Crippen LogP contribution in [-0.2, 0) is 6.54 Å². The number of benzene rings is 1. The number of hydrogen-bond donors (Lipinski definition) is 1. The number of aromatic nitrogens is 2. The first-order chi connectivity index (χ1) is 8.54. The van der Waals surface area contributed by atoms with E-state index >= 15 is 0 Å². The van der Waals surface area contributed by atoms with E-state index in [9.17, 15) is 4.39 Å². The molecule has 1 aromatic heterocycles. The second kappa shape index (κ2) is 4.64. The number of halogens is 1. The van der Waals surface area contributed by atoms with E-state index < -0.39 is 0 Å². The van der Waals surface area contributed by atoms with Crippen molar-refractivity contribution in [2.45, 2.75) is 20.4 Å². The van der Waals surface area contributed by atoms with Gasteiger partial charge in [0.1, 0.15) is 23.2 Å². The summed E-state index contributed by atoms with van der Waals surface area (Å²) >= 11 is 0. The molecular weight excluding hydrogens is 229 g/mol. The standard InChI is InChI=1S/C14H16FN3/c1-4-7-18-10(3)17-13(14(18)16)12-6-5-11(15)8-9(12)2/h4-6,8H,1,7,16H2,2-3H3. The van der Waals surface area contributed by atoms with Crippen molar-refractivity contribution in [2.24, 2.45) is 0 Å². The Morgan fingerprint density at radius 2 is 2.17 bits per heavy atom. The molecule has 0 fully saturated rings. The van der Waals surface area contributed by atoms with E-state index in [1.807, 2.05) is 18.4 Å². The van der Waals surface area contributed by atoms with Crippen LogP contribution in [0.5, 0.6) is 0 Å². The summed E-state index contributed by atoms with van der Waals surface area (Å²) in [5, 5.41) is 0. The van der Waals surface area contributed by atoms with Gasteiger partial charge in [0.25, 0.3) is 0 Å². The van der Waals surface area contributed by atoms with E-state index in [0.717, 1.165) is 17.0 Å². The molecule has 0 atom stereocenters. The minimum absolute atomic E-state index is 0.253. The van der Waals surface area contributed by atoms with Gasteiger partial charge in [-0.25, -0.2) is 9.37 Å². The van der Waals surface area contributed by atoms with Gasteiger partial charge in [-0.1, -0.05) is 6.08 Å². The number of allylic oxidation sites excluding steroid dienone is 1. The normalized spacial score (nSPS) is 10.6. The minimum atomic E-state index is -0.253. The van der Waals surface area contributed by atoms with Gasteiger partial charge in [-0.2, -0.15) is 0 Å². The Kier molecular flexibility index (Phi) is 3.19. The third-order valence-electron chi connectivity index (χ3n) is 2.95. The van der Waals surface area contributed by atoms with Crippen molar-refractivity contribution in [1.82, 2.24) is 9.55 Å². The monoisotopic (exact) mass is 245 g/mol. The Hall–Kier alpha value is -2.10. The number of rotatable bonds is 3. The molecule has 0 saturated heterocycles. The van der Waals surface area contributed by atoms with Crippen molar-refractivity contribution in [3.8, 4) is 11.3 Å². The van der Waals surface area contributed by atoms with Crippen LogP contribution in [0.25, 0.3) is 11.3 Å². The number of nitrogen functional groups attached to an aromatic ring is 1.